The zero-order valence-corrected chi connectivity index (χ0v) is 18.4. The van der Waals surface area contributed by atoms with E-state index in [0.29, 0.717) is 28.5 Å². The molecule has 0 unspecified atom stereocenters. The molecule has 0 aromatic heterocycles. The van der Waals surface area contributed by atoms with E-state index in [1.165, 1.54) is 23.1 Å². The SMILES string of the molecule is O=C1NC(=S)N(c2ccc(Oc3ccccc3)cc2)C(=O)/C1=C/c1cc(F)cc2c1OCOC2. The van der Waals surface area contributed by atoms with Gasteiger partial charge in [0.1, 0.15) is 28.6 Å². The third-order valence-corrected chi connectivity index (χ3v) is 5.46. The maximum atomic E-state index is 14.1. The molecule has 0 radical (unpaired) electrons. The van der Waals surface area contributed by atoms with E-state index >= 15 is 0 Å². The fourth-order valence-electron chi connectivity index (χ4n) is 3.65. The minimum atomic E-state index is -0.680. The number of fused-ring (bicyclic) bond motifs is 1. The monoisotopic (exact) mass is 476 g/mol. The first kappa shape index (κ1) is 21.7. The number of nitrogens with zero attached hydrogens (tertiary/aromatic N) is 1. The van der Waals surface area contributed by atoms with Crippen LogP contribution in [-0.2, 0) is 20.9 Å². The molecule has 2 heterocycles. The van der Waals surface area contributed by atoms with Crippen molar-refractivity contribution in [2.24, 2.45) is 0 Å². The highest BCUT2D eigenvalue weighted by Gasteiger charge is 2.35. The average molecular weight is 476 g/mol. The van der Waals surface area contributed by atoms with Gasteiger partial charge in [-0.2, -0.15) is 0 Å². The second-order valence-corrected chi connectivity index (χ2v) is 7.85. The molecule has 0 saturated carbocycles. The minimum absolute atomic E-state index is 0.0113. The predicted octanol–water partition coefficient (Wildman–Crippen LogP) is 4.32. The van der Waals surface area contributed by atoms with Crippen molar-refractivity contribution in [3.05, 3.63) is 89.2 Å². The Balaban J connectivity index is 1.45. The van der Waals surface area contributed by atoms with Crippen LogP contribution in [0.4, 0.5) is 10.1 Å². The van der Waals surface area contributed by atoms with Gasteiger partial charge in [-0.05, 0) is 66.8 Å². The molecule has 0 atom stereocenters. The lowest BCUT2D eigenvalue weighted by Gasteiger charge is -2.29. The molecule has 1 saturated heterocycles. The van der Waals surface area contributed by atoms with E-state index in [9.17, 15) is 14.0 Å². The highest BCUT2D eigenvalue weighted by atomic mass is 32.1. The van der Waals surface area contributed by atoms with Gasteiger partial charge in [0.05, 0.1) is 12.3 Å². The van der Waals surface area contributed by atoms with Crippen LogP contribution < -0.4 is 19.7 Å². The van der Waals surface area contributed by atoms with E-state index in [2.05, 4.69) is 5.32 Å². The molecule has 7 nitrogen and oxygen atoms in total. The van der Waals surface area contributed by atoms with Crippen molar-refractivity contribution < 1.29 is 28.2 Å². The molecule has 0 aliphatic carbocycles. The Labute approximate surface area is 199 Å². The molecule has 170 valence electrons. The number of nitrogens with one attached hydrogen (secondary N) is 1. The second kappa shape index (κ2) is 9.05. The normalized spacial score (nSPS) is 16.7. The molecule has 2 aliphatic rings. The number of halogens is 1. The van der Waals surface area contributed by atoms with E-state index in [0.717, 1.165) is 0 Å². The summed E-state index contributed by atoms with van der Waals surface area (Å²) in [6, 6.07) is 18.4. The number of rotatable bonds is 4. The van der Waals surface area contributed by atoms with Gasteiger partial charge < -0.3 is 14.2 Å². The highest BCUT2D eigenvalue weighted by molar-refractivity contribution is 7.80. The largest absolute Gasteiger partial charge is 0.467 e. The maximum absolute atomic E-state index is 14.1. The number of thiocarbonyl (C=S) groups is 1. The van der Waals surface area contributed by atoms with Crippen LogP contribution in [0.5, 0.6) is 17.2 Å². The number of carbonyl (C=O) groups excluding carboxylic acids is 2. The third kappa shape index (κ3) is 4.26. The number of carbonyl (C=O) groups is 2. The van der Waals surface area contributed by atoms with E-state index in [1.807, 2.05) is 30.3 Å². The molecule has 34 heavy (non-hydrogen) atoms. The summed E-state index contributed by atoms with van der Waals surface area (Å²) in [6.45, 7) is 0.152. The van der Waals surface area contributed by atoms with E-state index < -0.39 is 17.6 Å². The second-order valence-electron chi connectivity index (χ2n) is 7.46. The van der Waals surface area contributed by atoms with Gasteiger partial charge in [0.25, 0.3) is 11.8 Å². The zero-order valence-electron chi connectivity index (χ0n) is 17.6. The van der Waals surface area contributed by atoms with Gasteiger partial charge in [-0.25, -0.2) is 4.39 Å². The van der Waals surface area contributed by atoms with Crippen LogP contribution in [0.2, 0.25) is 0 Å². The average Bonchev–Trinajstić information content (AvgIpc) is 2.83. The van der Waals surface area contributed by atoms with Crippen molar-refractivity contribution in [2.75, 3.05) is 11.7 Å². The molecular formula is C25H17FN2O5S. The molecular weight excluding hydrogens is 459 g/mol. The lowest BCUT2D eigenvalue weighted by atomic mass is 10.0. The van der Waals surface area contributed by atoms with Crippen LogP contribution in [0.1, 0.15) is 11.1 Å². The maximum Gasteiger partial charge on any atom is 0.270 e. The Morgan fingerprint density at radius 1 is 1.03 bits per heavy atom. The van der Waals surface area contributed by atoms with Crippen LogP contribution in [0.3, 0.4) is 0 Å². The first-order chi connectivity index (χ1) is 16.5. The molecule has 5 rings (SSSR count). The van der Waals surface area contributed by atoms with Crippen molar-refractivity contribution in [1.82, 2.24) is 5.32 Å². The summed E-state index contributed by atoms with van der Waals surface area (Å²) in [5, 5.41) is 2.46. The fourth-order valence-corrected chi connectivity index (χ4v) is 3.93. The number of hydrogen-bond acceptors (Lipinski definition) is 6. The van der Waals surface area contributed by atoms with E-state index in [-0.39, 0.29) is 29.6 Å². The lowest BCUT2D eigenvalue weighted by molar-refractivity contribution is -0.122. The Morgan fingerprint density at radius 3 is 2.53 bits per heavy atom. The minimum Gasteiger partial charge on any atom is -0.467 e. The summed E-state index contributed by atoms with van der Waals surface area (Å²) in [7, 11) is 0. The van der Waals surface area contributed by atoms with Crippen molar-refractivity contribution in [1.29, 1.82) is 0 Å². The Bertz CT molecular complexity index is 1330. The lowest BCUT2D eigenvalue weighted by Crippen LogP contribution is -2.54. The zero-order chi connectivity index (χ0) is 23.7. The van der Waals surface area contributed by atoms with Crippen LogP contribution in [-0.4, -0.2) is 23.7 Å². The first-order valence-corrected chi connectivity index (χ1v) is 10.7. The molecule has 2 aliphatic heterocycles. The molecule has 2 amide bonds. The molecule has 3 aromatic rings. The summed E-state index contributed by atoms with van der Waals surface area (Å²) in [5.74, 6) is -0.261. The fraction of sp³-hybridized carbons (Fsp3) is 0.0800. The van der Waals surface area contributed by atoms with Crippen molar-refractivity contribution in [2.45, 2.75) is 6.61 Å². The number of hydrogen-bond donors (Lipinski definition) is 1. The topological polar surface area (TPSA) is 77.1 Å². The summed E-state index contributed by atoms with van der Waals surface area (Å²) >= 11 is 5.25. The number of benzene rings is 3. The highest BCUT2D eigenvalue weighted by Crippen LogP contribution is 2.32. The van der Waals surface area contributed by atoms with Gasteiger partial charge in [0.2, 0.25) is 0 Å². The smallest absolute Gasteiger partial charge is 0.270 e. The third-order valence-electron chi connectivity index (χ3n) is 5.18. The Morgan fingerprint density at radius 2 is 1.76 bits per heavy atom. The summed E-state index contributed by atoms with van der Waals surface area (Å²) in [4.78, 5) is 27.1. The van der Waals surface area contributed by atoms with E-state index in [1.54, 1.807) is 24.3 Å². The van der Waals surface area contributed by atoms with Crippen LogP contribution in [0.15, 0.2) is 72.3 Å². The van der Waals surface area contributed by atoms with Crippen molar-refractivity contribution in [3.8, 4) is 17.2 Å². The molecule has 9 heteroatoms. The number of amides is 2. The number of para-hydroxylation sites is 1. The van der Waals surface area contributed by atoms with Gasteiger partial charge in [-0.1, -0.05) is 18.2 Å². The van der Waals surface area contributed by atoms with Crippen molar-refractivity contribution >= 4 is 40.9 Å². The quantitative estimate of drug-likeness (QED) is 0.344. The summed E-state index contributed by atoms with van der Waals surface area (Å²) < 4.78 is 30.6. The van der Waals surface area contributed by atoms with Gasteiger partial charge in [0, 0.05) is 11.1 Å². The van der Waals surface area contributed by atoms with Crippen LogP contribution in [0.25, 0.3) is 6.08 Å². The van der Waals surface area contributed by atoms with Gasteiger partial charge in [-0.15, -0.1) is 0 Å². The van der Waals surface area contributed by atoms with Crippen LogP contribution in [0, 0.1) is 5.82 Å². The van der Waals surface area contributed by atoms with Gasteiger partial charge in [0.15, 0.2) is 11.9 Å². The van der Waals surface area contributed by atoms with Gasteiger partial charge >= 0.3 is 0 Å². The van der Waals surface area contributed by atoms with E-state index in [4.69, 9.17) is 26.4 Å². The summed E-state index contributed by atoms with van der Waals surface area (Å²) in [6.07, 6.45) is 1.30. The molecule has 0 bridgehead atoms. The Hall–Kier alpha value is -4.08. The standard InChI is InChI=1S/C25H17FN2O5S/c26-17-10-15(22-16(11-17)13-31-14-32-22)12-21-23(29)27-25(34)28(24(21)30)18-6-8-20(9-7-18)33-19-4-2-1-3-5-19/h1-12H,13-14H2,(H,27,29,34)/b21-12+. The summed E-state index contributed by atoms with van der Waals surface area (Å²) in [5.41, 5.74) is 0.979. The molecule has 1 fully saturated rings. The number of ether oxygens (including phenoxy) is 3. The Kier molecular flexibility index (Phi) is 5.79. The van der Waals surface area contributed by atoms with Gasteiger partial charge in [-0.3, -0.25) is 19.8 Å². The predicted molar refractivity (Wildman–Crippen MR) is 126 cm³/mol. The number of anilines is 1. The molecule has 1 N–H and O–H groups in total. The van der Waals surface area contributed by atoms with Crippen molar-refractivity contribution in [3.63, 3.8) is 0 Å². The van der Waals surface area contributed by atoms with Crippen LogP contribution >= 0.6 is 12.2 Å². The molecule has 3 aromatic carbocycles. The molecule has 0 spiro atoms. The first-order valence-electron chi connectivity index (χ1n) is 10.3.